The van der Waals surface area contributed by atoms with E-state index in [1.165, 1.54) is 5.56 Å². The molecule has 0 radical (unpaired) electrons. The molecule has 0 bridgehead atoms. The van der Waals surface area contributed by atoms with Crippen LogP contribution in [0.4, 0.5) is 0 Å². The number of hydrogen-bond donors (Lipinski definition) is 2. The maximum atomic E-state index is 10.9. The summed E-state index contributed by atoms with van der Waals surface area (Å²) in [4.78, 5) is 15.5. The van der Waals surface area contributed by atoms with Crippen molar-refractivity contribution in [3.05, 3.63) is 59.7 Å². The molecule has 1 aliphatic rings. The van der Waals surface area contributed by atoms with E-state index >= 15 is 0 Å². The van der Waals surface area contributed by atoms with Crippen LogP contribution in [-0.4, -0.2) is 27.3 Å². The second-order valence-electron chi connectivity index (χ2n) is 7.22. The molecule has 0 saturated heterocycles. The molecule has 1 heterocycles. The molecule has 0 atom stereocenters. The van der Waals surface area contributed by atoms with Gasteiger partial charge in [-0.25, -0.2) is 0 Å². The molecule has 0 spiro atoms. The molecular weight excluding hydrogens is 354 g/mol. The zero-order valence-corrected chi connectivity index (χ0v) is 15.8. The van der Waals surface area contributed by atoms with Gasteiger partial charge in [0, 0.05) is 23.7 Å². The summed E-state index contributed by atoms with van der Waals surface area (Å²) in [6, 6.07) is 16.3. The molecule has 144 valence electrons. The van der Waals surface area contributed by atoms with Crippen molar-refractivity contribution in [2.45, 2.75) is 38.8 Å². The molecule has 3 aromatic rings. The van der Waals surface area contributed by atoms with Crippen LogP contribution in [0.5, 0.6) is 0 Å². The van der Waals surface area contributed by atoms with Gasteiger partial charge in [0.25, 0.3) is 5.89 Å². The summed E-state index contributed by atoms with van der Waals surface area (Å²) in [5.41, 5.74) is 4.16. The number of benzene rings is 2. The lowest BCUT2D eigenvalue weighted by atomic mass is 9.80. The first-order valence-electron chi connectivity index (χ1n) is 9.61. The fourth-order valence-corrected chi connectivity index (χ4v) is 3.56. The number of aryl methyl sites for hydroxylation is 1. The van der Waals surface area contributed by atoms with Gasteiger partial charge in [0.05, 0.1) is 5.92 Å². The van der Waals surface area contributed by atoms with Gasteiger partial charge < -0.3 is 14.9 Å². The number of carboxylic acids is 1. The minimum Gasteiger partial charge on any atom is -0.481 e. The Hall–Kier alpha value is -2.99. The minimum absolute atomic E-state index is 0.201. The monoisotopic (exact) mass is 377 g/mol. The summed E-state index contributed by atoms with van der Waals surface area (Å²) in [7, 11) is 0. The number of rotatable bonds is 7. The Labute approximate surface area is 163 Å². The Morgan fingerprint density at radius 1 is 1.21 bits per heavy atom. The minimum atomic E-state index is -0.697. The maximum absolute atomic E-state index is 10.9. The Kier molecular flexibility index (Phi) is 5.21. The second kappa shape index (κ2) is 7.94. The molecule has 2 aromatic carbocycles. The standard InChI is InChI=1S/C22H23N3O3/c1-2-15-7-3-4-9-19(15)21-24-20(25-28-21)16-8-5-6-14(10-16)13-23-18-11-17(12-18)22(26)27/h3-10,17-18,23H,2,11-13H2,1H3,(H,26,27)/t17-,18+. The average molecular weight is 377 g/mol. The highest BCUT2D eigenvalue weighted by Crippen LogP contribution is 2.28. The van der Waals surface area contributed by atoms with Gasteiger partial charge in [-0.05, 0) is 42.5 Å². The number of carboxylic acid groups (broad SMARTS) is 1. The van der Waals surface area contributed by atoms with Crippen molar-refractivity contribution < 1.29 is 14.4 Å². The summed E-state index contributed by atoms with van der Waals surface area (Å²) in [5, 5.41) is 16.5. The van der Waals surface area contributed by atoms with Crippen molar-refractivity contribution in [2.24, 2.45) is 5.92 Å². The van der Waals surface area contributed by atoms with Gasteiger partial charge in [-0.3, -0.25) is 4.79 Å². The molecule has 1 aliphatic carbocycles. The molecule has 2 N–H and O–H groups in total. The highest BCUT2D eigenvalue weighted by atomic mass is 16.5. The zero-order valence-electron chi connectivity index (χ0n) is 15.8. The third-order valence-corrected chi connectivity index (χ3v) is 5.32. The van der Waals surface area contributed by atoms with Crippen molar-refractivity contribution in [1.29, 1.82) is 0 Å². The summed E-state index contributed by atoms with van der Waals surface area (Å²) in [5.74, 6) is 0.202. The highest BCUT2D eigenvalue weighted by molar-refractivity contribution is 5.71. The predicted molar refractivity (Wildman–Crippen MR) is 106 cm³/mol. The predicted octanol–water partition coefficient (Wildman–Crippen LogP) is 3.92. The van der Waals surface area contributed by atoms with E-state index in [4.69, 9.17) is 9.63 Å². The van der Waals surface area contributed by atoms with Gasteiger partial charge in [-0.2, -0.15) is 4.98 Å². The number of aromatic nitrogens is 2. The second-order valence-corrected chi connectivity index (χ2v) is 7.22. The number of hydrogen-bond acceptors (Lipinski definition) is 5. The van der Waals surface area contributed by atoms with Crippen molar-refractivity contribution in [3.8, 4) is 22.8 Å². The van der Waals surface area contributed by atoms with E-state index in [1.807, 2.05) is 42.5 Å². The van der Waals surface area contributed by atoms with Gasteiger partial charge in [-0.15, -0.1) is 0 Å². The quantitative estimate of drug-likeness (QED) is 0.649. The molecule has 1 fully saturated rings. The fourth-order valence-electron chi connectivity index (χ4n) is 3.56. The largest absolute Gasteiger partial charge is 0.481 e. The zero-order chi connectivity index (χ0) is 19.5. The highest BCUT2D eigenvalue weighted by Gasteiger charge is 2.33. The lowest BCUT2D eigenvalue weighted by molar-refractivity contribution is -0.145. The van der Waals surface area contributed by atoms with E-state index in [9.17, 15) is 4.79 Å². The van der Waals surface area contributed by atoms with Crippen LogP contribution in [0, 0.1) is 5.92 Å². The molecule has 28 heavy (non-hydrogen) atoms. The lowest BCUT2D eigenvalue weighted by Crippen LogP contribution is -2.43. The normalized spacial score (nSPS) is 18.6. The summed E-state index contributed by atoms with van der Waals surface area (Å²) in [6.45, 7) is 2.79. The van der Waals surface area contributed by atoms with Gasteiger partial charge in [-0.1, -0.05) is 48.5 Å². The molecule has 0 amide bonds. The summed E-state index contributed by atoms with van der Waals surface area (Å²) < 4.78 is 5.51. The average Bonchev–Trinajstić information content (AvgIpc) is 3.17. The lowest BCUT2D eigenvalue weighted by Gasteiger charge is -2.33. The van der Waals surface area contributed by atoms with E-state index in [0.29, 0.717) is 31.1 Å². The summed E-state index contributed by atoms with van der Waals surface area (Å²) in [6.07, 6.45) is 2.29. The smallest absolute Gasteiger partial charge is 0.306 e. The molecule has 0 aliphatic heterocycles. The van der Waals surface area contributed by atoms with Crippen LogP contribution in [0.3, 0.4) is 0 Å². The van der Waals surface area contributed by atoms with Crippen molar-refractivity contribution in [2.75, 3.05) is 0 Å². The van der Waals surface area contributed by atoms with Crippen molar-refractivity contribution >= 4 is 5.97 Å². The van der Waals surface area contributed by atoms with Crippen molar-refractivity contribution in [1.82, 2.24) is 15.5 Å². The first-order valence-corrected chi connectivity index (χ1v) is 9.61. The third kappa shape index (κ3) is 3.82. The third-order valence-electron chi connectivity index (χ3n) is 5.32. The Bertz CT molecular complexity index is 976. The van der Waals surface area contributed by atoms with Crippen LogP contribution < -0.4 is 5.32 Å². The van der Waals surface area contributed by atoms with E-state index < -0.39 is 5.97 Å². The molecule has 1 saturated carbocycles. The molecule has 4 rings (SSSR count). The number of aliphatic carboxylic acids is 1. The Morgan fingerprint density at radius 2 is 2.04 bits per heavy atom. The van der Waals surface area contributed by atoms with Crippen LogP contribution in [0.2, 0.25) is 0 Å². The number of nitrogens with one attached hydrogen (secondary N) is 1. The van der Waals surface area contributed by atoms with Crippen LogP contribution in [0.1, 0.15) is 30.9 Å². The maximum Gasteiger partial charge on any atom is 0.306 e. The first kappa shape index (κ1) is 18.4. The van der Waals surface area contributed by atoms with Crippen molar-refractivity contribution in [3.63, 3.8) is 0 Å². The molecule has 0 unspecified atom stereocenters. The fraction of sp³-hybridized carbons (Fsp3) is 0.318. The molecule has 6 heteroatoms. The first-order chi connectivity index (χ1) is 13.6. The molecule has 1 aromatic heterocycles. The SMILES string of the molecule is CCc1ccccc1-c1nc(-c2cccc(CN[C@H]3C[C@@H](C(=O)O)C3)c2)no1. The Balaban J connectivity index is 1.45. The van der Waals surface area contributed by atoms with Gasteiger partial charge >= 0.3 is 5.97 Å². The van der Waals surface area contributed by atoms with E-state index in [2.05, 4.69) is 28.4 Å². The van der Waals surface area contributed by atoms with E-state index in [0.717, 1.165) is 23.1 Å². The van der Waals surface area contributed by atoms with Gasteiger partial charge in [0.15, 0.2) is 0 Å². The molecule has 6 nitrogen and oxygen atoms in total. The Morgan fingerprint density at radius 3 is 2.82 bits per heavy atom. The topological polar surface area (TPSA) is 88.2 Å². The van der Waals surface area contributed by atoms with Crippen LogP contribution >= 0.6 is 0 Å². The summed E-state index contributed by atoms with van der Waals surface area (Å²) >= 11 is 0. The van der Waals surface area contributed by atoms with Gasteiger partial charge in [0.1, 0.15) is 0 Å². The van der Waals surface area contributed by atoms with E-state index in [1.54, 1.807) is 0 Å². The van der Waals surface area contributed by atoms with Crippen LogP contribution in [-0.2, 0) is 17.8 Å². The number of carbonyl (C=O) groups is 1. The van der Waals surface area contributed by atoms with E-state index in [-0.39, 0.29) is 12.0 Å². The van der Waals surface area contributed by atoms with Gasteiger partial charge in [0.2, 0.25) is 5.82 Å². The van der Waals surface area contributed by atoms with Crippen LogP contribution in [0.15, 0.2) is 53.1 Å². The number of nitrogens with zero attached hydrogens (tertiary/aromatic N) is 2. The molecular formula is C22H23N3O3. The van der Waals surface area contributed by atoms with Crippen LogP contribution in [0.25, 0.3) is 22.8 Å².